The van der Waals surface area contributed by atoms with Gasteiger partial charge in [0.25, 0.3) is 0 Å². The number of alkyl halides is 3. The molecule has 0 unspecified atom stereocenters. The van der Waals surface area contributed by atoms with E-state index in [0.29, 0.717) is 0 Å². The van der Waals surface area contributed by atoms with Crippen LogP contribution in [-0.2, 0) is 16.0 Å². The molecule has 0 saturated carbocycles. The van der Waals surface area contributed by atoms with Crippen molar-refractivity contribution in [2.45, 2.75) is 19.5 Å². The Balaban J connectivity index is 2.16. The summed E-state index contributed by atoms with van der Waals surface area (Å²) in [6.07, 6.45) is -4.12. The second-order valence-electron chi connectivity index (χ2n) is 4.18. The van der Waals surface area contributed by atoms with Gasteiger partial charge in [0.1, 0.15) is 6.61 Å². The molecule has 0 heterocycles. The number of carbonyl (C=O) groups is 1. The first-order valence-electron chi connectivity index (χ1n) is 5.83. The van der Waals surface area contributed by atoms with Gasteiger partial charge in [-0.05, 0) is 12.5 Å². The molecule has 0 aliphatic rings. The highest BCUT2D eigenvalue weighted by atomic mass is 19.4. The number of halogens is 3. The molecule has 0 aromatic heterocycles. The zero-order valence-corrected chi connectivity index (χ0v) is 10.6. The zero-order chi connectivity index (χ0) is 14.3. The average molecular weight is 275 g/mol. The number of hydrogen-bond donors (Lipinski definition) is 1. The quantitative estimate of drug-likeness (QED) is 0.809. The number of rotatable bonds is 6. The van der Waals surface area contributed by atoms with Gasteiger partial charge in [-0.25, -0.2) is 0 Å². The second-order valence-corrected chi connectivity index (χ2v) is 4.18. The Labute approximate surface area is 109 Å². The summed E-state index contributed by atoms with van der Waals surface area (Å²) in [7, 11) is 0. The Morgan fingerprint density at radius 2 is 1.89 bits per heavy atom. The number of amides is 1. The third-order valence-corrected chi connectivity index (χ3v) is 2.32. The number of hydrogen-bond acceptors (Lipinski definition) is 2. The summed E-state index contributed by atoms with van der Waals surface area (Å²) in [5.74, 6) is -0.237. The lowest BCUT2D eigenvalue weighted by atomic mass is 10.1. The van der Waals surface area contributed by atoms with Gasteiger partial charge in [-0.1, -0.05) is 29.8 Å². The first kappa shape index (κ1) is 15.5. The van der Waals surface area contributed by atoms with Crippen LogP contribution in [0.5, 0.6) is 0 Å². The number of benzene rings is 1. The van der Waals surface area contributed by atoms with E-state index in [2.05, 4.69) is 10.1 Å². The molecule has 0 bridgehead atoms. The van der Waals surface area contributed by atoms with Crippen LogP contribution in [0.4, 0.5) is 13.2 Å². The highest BCUT2D eigenvalue weighted by Crippen LogP contribution is 2.13. The molecule has 0 radical (unpaired) electrons. The Hall–Kier alpha value is -1.56. The molecule has 0 atom stereocenters. The molecule has 1 N–H and O–H groups in total. The molecule has 1 aromatic rings. The van der Waals surface area contributed by atoms with E-state index >= 15 is 0 Å². The van der Waals surface area contributed by atoms with E-state index in [9.17, 15) is 18.0 Å². The third kappa shape index (κ3) is 7.46. The van der Waals surface area contributed by atoms with E-state index in [-0.39, 0.29) is 25.5 Å². The highest BCUT2D eigenvalue weighted by molar-refractivity contribution is 5.78. The zero-order valence-electron chi connectivity index (χ0n) is 10.6. The van der Waals surface area contributed by atoms with Crippen molar-refractivity contribution in [3.05, 3.63) is 35.4 Å². The molecule has 19 heavy (non-hydrogen) atoms. The molecule has 0 fully saturated rings. The smallest absolute Gasteiger partial charge is 0.370 e. The summed E-state index contributed by atoms with van der Waals surface area (Å²) in [5.41, 5.74) is 1.96. The first-order valence-corrected chi connectivity index (χ1v) is 5.83. The molecule has 1 amide bonds. The summed E-state index contributed by atoms with van der Waals surface area (Å²) in [6.45, 7) is 0.572. The van der Waals surface area contributed by atoms with Gasteiger partial charge in [-0.15, -0.1) is 0 Å². The van der Waals surface area contributed by atoms with Crippen LogP contribution in [0.25, 0.3) is 0 Å². The van der Waals surface area contributed by atoms with Gasteiger partial charge in [0.15, 0.2) is 0 Å². The van der Waals surface area contributed by atoms with E-state index in [0.717, 1.165) is 11.1 Å². The van der Waals surface area contributed by atoms with Crippen molar-refractivity contribution >= 4 is 5.91 Å². The van der Waals surface area contributed by atoms with Crippen molar-refractivity contribution in [2.75, 3.05) is 19.8 Å². The van der Waals surface area contributed by atoms with Gasteiger partial charge in [0, 0.05) is 6.54 Å². The van der Waals surface area contributed by atoms with Crippen LogP contribution in [0.15, 0.2) is 24.3 Å². The predicted octanol–water partition coefficient (Wildman–Crippen LogP) is 2.23. The minimum atomic E-state index is -4.33. The fourth-order valence-corrected chi connectivity index (χ4v) is 1.40. The maximum Gasteiger partial charge on any atom is 0.411 e. The lowest BCUT2D eigenvalue weighted by Crippen LogP contribution is -2.30. The summed E-state index contributed by atoms with van der Waals surface area (Å²) < 4.78 is 39.6. The third-order valence-electron chi connectivity index (χ3n) is 2.32. The Bertz CT molecular complexity index is 401. The number of aryl methyl sites for hydroxylation is 1. The van der Waals surface area contributed by atoms with Crippen LogP contribution in [0.1, 0.15) is 11.1 Å². The molecule has 0 saturated heterocycles. The molecule has 106 valence electrons. The Morgan fingerprint density at radius 1 is 1.26 bits per heavy atom. The molecular weight excluding hydrogens is 259 g/mol. The fourth-order valence-electron chi connectivity index (χ4n) is 1.40. The number of ether oxygens (including phenoxy) is 1. The first-order chi connectivity index (χ1) is 8.87. The minimum Gasteiger partial charge on any atom is -0.370 e. The van der Waals surface area contributed by atoms with E-state index in [4.69, 9.17) is 0 Å². The molecule has 0 aliphatic heterocycles. The standard InChI is InChI=1S/C13H16F3NO2/c1-10-2-4-11(5-3-10)8-12(18)17-6-7-19-9-13(14,15)16/h2-5H,6-9H2,1H3,(H,17,18). The monoisotopic (exact) mass is 275 g/mol. The number of carbonyl (C=O) groups excluding carboxylic acids is 1. The molecule has 1 rings (SSSR count). The van der Waals surface area contributed by atoms with Crippen molar-refractivity contribution in [1.29, 1.82) is 0 Å². The summed E-state index contributed by atoms with van der Waals surface area (Å²) in [4.78, 5) is 11.5. The van der Waals surface area contributed by atoms with Crippen molar-refractivity contribution in [2.24, 2.45) is 0 Å². The maximum atomic E-state index is 11.7. The van der Waals surface area contributed by atoms with Crippen LogP contribution < -0.4 is 5.32 Å². The largest absolute Gasteiger partial charge is 0.411 e. The molecule has 3 nitrogen and oxygen atoms in total. The SMILES string of the molecule is Cc1ccc(CC(=O)NCCOCC(F)(F)F)cc1. The van der Waals surface area contributed by atoms with E-state index in [1.54, 1.807) is 0 Å². The van der Waals surface area contributed by atoms with E-state index < -0.39 is 12.8 Å². The van der Waals surface area contributed by atoms with Crippen LogP contribution in [0, 0.1) is 6.92 Å². The van der Waals surface area contributed by atoms with Gasteiger partial charge in [-0.3, -0.25) is 4.79 Å². The summed E-state index contributed by atoms with van der Waals surface area (Å²) in [6, 6.07) is 7.48. The van der Waals surface area contributed by atoms with Crippen LogP contribution in [0.3, 0.4) is 0 Å². The lowest BCUT2D eigenvalue weighted by molar-refractivity contribution is -0.173. The van der Waals surface area contributed by atoms with Crippen LogP contribution in [0.2, 0.25) is 0 Å². The van der Waals surface area contributed by atoms with Crippen LogP contribution >= 0.6 is 0 Å². The molecule has 0 aliphatic carbocycles. The van der Waals surface area contributed by atoms with Gasteiger partial charge in [0.05, 0.1) is 13.0 Å². The van der Waals surface area contributed by atoms with Crippen molar-refractivity contribution in [3.8, 4) is 0 Å². The molecule has 0 spiro atoms. The number of nitrogens with one attached hydrogen (secondary N) is 1. The van der Waals surface area contributed by atoms with E-state index in [1.165, 1.54) is 0 Å². The van der Waals surface area contributed by atoms with Gasteiger partial charge >= 0.3 is 6.18 Å². The minimum absolute atomic E-state index is 0.0702. The van der Waals surface area contributed by atoms with E-state index in [1.807, 2.05) is 31.2 Å². The van der Waals surface area contributed by atoms with Crippen molar-refractivity contribution in [3.63, 3.8) is 0 Å². The summed E-state index contributed by atoms with van der Waals surface area (Å²) >= 11 is 0. The Morgan fingerprint density at radius 3 is 2.47 bits per heavy atom. The topological polar surface area (TPSA) is 38.3 Å². The van der Waals surface area contributed by atoms with Crippen molar-refractivity contribution in [1.82, 2.24) is 5.32 Å². The van der Waals surface area contributed by atoms with Crippen molar-refractivity contribution < 1.29 is 22.7 Å². The Kier molecular flexibility index (Phi) is 5.82. The van der Waals surface area contributed by atoms with Gasteiger partial charge < -0.3 is 10.1 Å². The van der Waals surface area contributed by atoms with Gasteiger partial charge in [0.2, 0.25) is 5.91 Å². The molecule has 6 heteroatoms. The fraction of sp³-hybridized carbons (Fsp3) is 0.462. The second kappa shape index (κ2) is 7.13. The maximum absolute atomic E-state index is 11.7. The lowest BCUT2D eigenvalue weighted by Gasteiger charge is -2.08. The predicted molar refractivity (Wildman–Crippen MR) is 64.8 cm³/mol. The van der Waals surface area contributed by atoms with Gasteiger partial charge in [-0.2, -0.15) is 13.2 Å². The highest BCUT2D eigenvalue weighted by Gasteiger charge is 2.27. The molecule has 1 aromatic carbocycles. The summed E-state index contributed by atoms with van der Waals surface area (Å²) in [5, 5.41) is 2.50. The van der Waals surface area contributed by atoms with Crippen LogP contribution in [-0.4, -0.2) is 31.8 Å². The molecular formula is C13H16F3NO2. The average Bonchev–Trinajstić information content (AvgIpc) is 2.30. The normalized spacial score (nSPS) is 11.4.